The summed E-state index contributed by atoms with van der Waals surface area (Å²) in [5.74, 6) is 0.269. The maximum atomic E-state index is 13.2. The minimum absolute atomic E-state index is 0.187. The molecule has 110 valence electrons. The normalized spacial score (nSPS) is 10.6. The second-order valence-electron chi connectivity index (χ2n) is 5.10. The van der Waals surface area contributed by atoms with Crippen molar-refractivity contribution in [3.63, 3.8) is 0 Å². The fraction of sp³-hybridized carbons (Fsp3) is 0.105. The third-order valence-electron chi connectivity index (χ3n) is 3.61. The molecule has 0 aliphatic carbocycles. The molecule has 0 aliphatic rings. The number of nitrogens with one attached hydrogen (secondary N) is 1. The van der Waals surface area contributed by atoms with E-state index < -0.39 is 5.95 Å². The molecule has 3 aromatic rings. The Bertz CT molecular complexity index is 674. The van der Waals surface area contributed by atoms with Crippen LogP contribution in [0.2, 0.25) is 0 Å². The SMILES string of the molecule is Fc1cccc(NCC(c2ccccc2)c2ccccc2)n1. The van der Waals surface area contributed by atoms with Crippen molar-refractivity contribution in [1.29, 1.82) is 0 Å². The summed E-state index contributed by atoms with van der Waals surface area (Å²) >= 11 is 0. The van der Waals surface area contributed by atoms with E-state index in [9.17, 15) is 4.39 Å². The third kappa shape index (κ3) is 3.50. The molecule has 0 fully saturated rings. The summed E-state index contributed by atoms with van der Waals surface area (Å²) in [4.78, 5) is 3.85. The molecule has 1 heterocycles. The van der Waals surface area contributed by atoms with Gasteiger partial charge in [0.05, 0.1) is 0 Å². The molecular formula is C19H17FN2. The lowest BCUT2D eigenvalue weighted by molar-refractivity contribution is 0.585. The minimum atomic E-state index is -0.471. The average molecular weight is 292 g/mol. The molecule has 0 atom stereocenters. The standard InChI is InChI=1S/C19H17FN2/c20-18-12-7-13-19(22-18)21-14-17(15-8-3-1-4-9-15)16-10-5-2-6-11-16/h1-13,17H,14H2,(H,21,22). The minimum Gasteiger partial charge on any atom is -0.369 e. The Morgan fingerprint density at radius 1 is 0.773 bits per heavy atom. The Labute approximate surface area is 129 Å². The van der Waals surface area contributed by atoms with Crippen LogP contribution in [0.5, 0.6) is 0 Å². The van der Waals surface area contributed by atoms with Crippen LogP contribution < -0.4 is 5.32 Å². The van der Waals surface area contributed by atoms with Gasteiger partial charge in [0.25, 0.3) is 0 Å². The number of hydrogen-bond donors (Lipinski definition) is 1. The summed E-state index contributed by atoms with van der Waals surface area (Å²) in [6.45, 7) is 0.657. The lowest BCUT2D eigenvalue weighted by Gasteiger charge is -2.19. The molecule has 0 saturated carbocycles. The summed E-state index contributed by atoms with van der Waals surface area (Å²) in [6, 6.07) is 25.4. The van der Waals surface area contributed by atoms with Gasteiger partial charge in [-0.05, 0) is 23.3 Å². The molecule has 0 unspecified atom stereocenters. The van der Waals surface area contributed by atoms with E-state index in [1.54, 1.807) is 12.1 Å². The van der Waals surface area contributed by atoms with Crippen LogP contribution in [0.4, 0.5) is 10.2 Å². The zero-order chi connectivity index (χ0) is 15.2. The number of benzene rings is 2. The van der Waals surface area contributed by atoms with E-state index in [4.69, 9.17) is 0 Å². The maximum absolute atomic E-state index is 13.2. The van der Waals surface area contributed by atoms with Gasteiger partial charge in [0, 0.05) is 12.5 Å². The summed E-state index contributed by atoms with van der Waals surface area (Å²) in [6.07, 6.45) is 0. The first-order valence-corrected chi connectivity index (χ1v) is 7.29. The van der Waals surface area contributed by atoms with Gasteiger partial charge in [0.1, 0.15) is 5.82 Å². The van der Waals surface area contributed by atoms with E-state index in [0.29, 0.717) is 12.4 Å². The topological polar surface area (TPSA) is 24.9 Å². The van der Waals surface area contributed by atoms with Crippen LogP contribution in [-0.4, -0.2) is 11.5 Å². The van der Waals surface area contributed by atoms with Gasteiger partial charge >= 0.3 is 0 Å². The Morgan fingerprint density at radius 2 is 1.36 bits per heavy atom. The lowest BCUT2D eigenvalue weighted by Crippen LogP contribution is -2.15. The predicted molar refractivity (Wildman–Crippen MR) is 87.4 cm³/mol. The van der Waals surface area contributed by atoms with Crippen LogP contribution in [0.15, 0.2) is 78.9 Å². The van der Waals surface area contributed by atoms with Crippen molar-refractivity contribution in [2.45, 2.75) is 5.92 Å². The second kappa shape index (κ2) is 6.85. The Hall–Kier alpha value is -2.68. The van der Waals surface area contributed by atoms with Crippen LogP contribution >= 0.6 is 0 Å². The molecule has 1 N–H and O–H groups in total. The number of anilines is 1. The van der Waals surface area contributed by atoms with Crippen molar-refractivity contribution in [2.24, 2.45) is 0 Å². The maximum Gasteiger partial charge on any atom is 0.214 e. The molecule has 2 nitrogen and oxygen atoms in total. The second-order valence-corrected chi connectivity index (χ2v) is 5.10. The van der Waals surface area contributed by atoms with Gasteiger partial charge in [0.2, 0.25) is 5.95 Å². The number of pyridine rings is 1. The third-order valence-corrected chi connectivity index (χ3v) is 3.61. The molecule has 2 aromatic carbocycles. The first-order valence-electron chi connectivity index (χ1n) is 7.29. The van der Waals surface area contributed by atoms with Gasteiger partial charge in [-0.1, -0.05) is 66.7 Å². The quantitative estimate of drug-likeness (QED) is 0.702. The average Bonchev–Trinajstić information content (AvgIpc) is 2.57. The van der Waals surface area contributed by atoms with E-state index in [2.05, 4.69) is 34.6 Å². The Morgan fingerprint density at radius 3 is 1.91 bits per heavy atom. The van der Waals surface area contributed by atoms with Gasteiger partial charge in [-0.3, -0.25) is 0 Å². The van der Waals surface area contributed by atoms with Gasteiger partial charge in [-0.25, -0.2) is 4.98 Å². The first kappa shape index (κ1) is 14.3. The molecule has 1 aromatic heterocycles. The lowest BCUT2D eigenvalue weighted by atomic mass is 9.91. The fourth-order valence-corrected chi connectivity index (χ4v) is 2.51. The molecule has 0 aliphatic heterocycles. The van der Waals surface area contributed by atoms with E-state index in [1.165, 1.54) is 17.2 Å². The molecule has 0 saturated heterocycles. The van der Waals surface area contributed by atoms with Gasteiger partial charge < -0.3 is 5.32 Å². The van der Waals surface area contributed by atoms with Crippen molar-refractivity contribution >= 4 is 5.82 Å². The van der Waals surface area contributed by atoms with Crippen LogP contribution in [0.25, 0.3) is 0 Å². The number of halogens is 1. The molecule has 3 heteroatoms. The molecule has 22 heavy (non-hydrogen) atoms. The van der Waals surface area contributed by atoms with Crippen molar-refractivity contribution in [3.8, 4) is 0 Å². The van der Waals surface area contributed by atoms with Crippen LogP contribution in [0, 0.1) is 5.95 Å². The monoisotopic (exact) mass is 292 g/mol. The molecule has 0 amide bonds. The molecule has 0 bridgehead atoms. The van der Waals surface area contributed by atoms with Crippen molar-refractivity contribution < 1.29 is 4.39 Å². The number of hydrogen-bond acceptors (Lipinski definition) is 2. The molecule has 3 rings (SSSR count). The number of rotatable bonds is 5. The van der Waals surface area contributed by atoms with Crippen LogP contribution in [0.3, 0.4) is 0 Å². The predicted octanol–water partition coefficient (Wildman–Crippen LogP) is 4.46. The van der Waals surface area contributed by atoms with Gasteiger partial charge in [-0.2, -0.15) is 4.39 Å². The van der Waals surface area contributed by atoms with E-state index in [0.717, 1.165) is 0 Å². The first-order chi connectivity index (χ1) is 10.8. The Balaban J connectivity index is 1.83. The van der Waals surface area contributed by atoms with Gasteiger partial charge in [-0.15, -0.1) is 0 Å². The highest BCUT2D eigenvalue weighted by atomic mass is 19.1. The van der Waals surface area contributed by atoms with Gasteiger partial charge in [0.15, 0.2) is 0 Å². The zero-order valence-electron chi connectivity index (χ0n) is 12.1. The smallest absolute Gasteiger partial charge is 0.214 e. The van der Waals surface area contributed by atoms with Crippen LogP contribution in [-0.2, 0) is 0 Å². The van der Waals surface area contributed by atoms with E-state index in [1.807, 2.05) is 36.4 Å². The summed E-state index contributed by atoms with van der Waals surface area (Å²) in [7, 11) is 0. The molecular weight excluding hydrogens is 275 g/mol. The van der Waals surface area contributed by atoms with E-state index >= 15 is 0 Å². The largest absolute Gasteiger partial charge is 0.369 e. The van der Waals surface area contributed by atoms with Crippen molar-refractivity contribution in [3.05, 3.63) is 95.9 Å². The fourth-order valence-electron chi connectivity index (χ4n) is 2.51. The van der Waals surface area contributed by atoms with Crippen molar-refractivity contribution in [1.82, 2.24) is 4.98 Å². The molecule has 0 spiro atoms. The van der Waals surface area contributed by atoms with Crippen LogP contribution in [0.1, 0.15) is 17.0 Å². The highest BCUT2D eigenvalue weighted by molar-refractivity contribution is 5.38. The van der Waals surface area contributed by atoms with Crippen molar-refractivity contribution in [2.75, 3.05) is 11.9 Å². The zero-order valence-corrected chi connectivity index (χ0v) is 12.1. The summed E-state index contributed by atoms with van der Waals surface area (Å²) in [5, 5.41) is 3.23. The highest BCUT2D eigenvalue weighted by Crippen LogP contribution is 2.24. The highest BCUT2D eigenvalue weighted by Gasteiger charge is 2.13. The summed E-state index contributed by atoms with van der Waals surface area (Å²) in [5.41, 5.74) is 2.44. The van der Waals surface area contributed by atoms with E-state index in [-0.39, 0.29) is 5.92 Å². The number of aromatic nitrogens is 1. The number of nitrogens with zero attached hydrogens (tertiary/aromatic N) is 1. The molecule has 0 radical (unpaired) electrons. The Kier molecular flexibility index (Phi) is 4.44. The summed E-state index contributed by atoms with van der Waals surface area (Å²) < 4.78 is 13.2.